The highest BCUT2D eigenvalue weighted by Gasteiger charge is 2.44. The van der Waals surface area contributed by atoms with Crippen LogP contribution in [0.1, 0.15) is 19.4 Å². The van der Waals surface area contributed by atoms with Crippen molar-refractivity contribution in [3.63, 3.8) is 0 Å². The second-order valence-corrected chi connectivity index (χ2v) is 5.27. The van der Waals surface area contributed by atoms with Crippen LogP contribution in [0.3, 0.4) is 0 Å². The minimum atomic E-state index is -1.29. The van der Waals surface area contributed by atoms with Gasteiger partial charge in [0.2, 0.25) is 0 Å². The van der Waals surface area contributed by atoms with Crippen LogP contribution in [0.2, 0.25) is 0 Å². The third kappa shape index (κ3) is 2.36. The van der Waals surface area contributed by atoms with Gasteiger partial charge in [-0.2, -0.15) is 0 Å². The van der Waals surface area contributed by atoms with Crippen molar-refractivity contribution in [3.05, 3.63) is 63.5 Å². The molecule has 1 aromatic rings. The molecule has 0 bridgehead atoms. The summed E-state index contributed by atoms with van der Waals surface area (Å²) in [6.45, 7) is 3.70. The molecule has 0 aromatic heterocycles. The molecule has 1 aromatic carbocycles. The molecular weight excluding hydrogens is 284 g/mol. The fourth-order valence-corrected chi connectivity index (χ4v) is 2.71. The summed E-state index contributed by atoms with van der Waals surface area (Å²) in [7, 11) is 3.15. The lowest BCUT2D eigenvalue weighted by Crippen LogP contribution is -2.38. The van der Waals surface area contributed by atoms with E-state index in [9.17, 15) is 14.9 Å². The van der Waals surface area contributed by atoms with E-state index in [4.69, 9.17) is 4.74 Å². The van der Waals surface area contributed by atoms with Gasteiger partial charge in [0.05, 0.1) is 17.6 Å². The molecule has 0 saturated carbocycles. The zero-order valence-electron chi connectivity index (χ0n) is 13.0. The van der Waals surface area contributed by atoms with Gasteiger partial charge < -0.3 is 9.64 Å². The zero-order valence-corrected chi connectivity index (χ0v) is 13.0. The Hall–Kier alpha value is -2.63. The molecule has 0 saturated heterocycles. The summed E-state index contributed by atoms with van der Waals surface area (Å²) in [6, 6.07) is 6.24. The van der Waals surface area contributed by atoms with Crippen LogP contribution in [0.25, 0.3) is 0 Å². The molecule has 6 nitrogen and oxygen atoms in total. The number of allylic oxidation sites excluding steroid dienone is 2. The number of carbonyl (C=O) groups is 1. The Balaban J connectivity index is 2.79. The number of methoxy groups -OCH3 is 1. The number of para-hydroxylation sites is 1. The normalized spacial score (nSPS) is 16.6. The second-order valence-electron chi connectivity index (χ2n) is 5.27. The van der Waals surface area contributed by atoms with Crippen LogP contribution >= 0.6 is 0 Å². The summed E-state index contributed by atoms with van der Waals surface area (Å²) in [6.07, 6.45) is 3.41. The summed E-state index contributed by atoms with van der Waals surface area (Å²) in [5.41, 5.74) is 0.551. The third-order valence-electron chi connectivity index (χ3n) is 4.00. The first-order valence-electron chi connectivity index (χ1n) is 6.78. The standard InChI is InChI=1S/C16H18N2O4/c1-11-9-16(15(19)22-4,10-12(2)17(11)3)13-7-5-6-8-14(13)18(20)21/h5-10H,1-4H3. The first-order valence-corrected chi connectivity index (χ1v) is 6.78. The van der Waals surface area contributed by atoms with Crippen LogP contribution in [0.4, 0.5) is 5.69 Å². The quantitative estimate of drug-likeness (QED) is 0.487. The average Bonchev–Trinajstić information content (AvgIpc) is 2.51. The van der Waals surface area contributed by atoms with Crippen LogP contribution in [-0.2, 0) is 14.9 Å². The van der Waals surface area contributed by atoms with E-state index in [1.165, 1.54) is 13.2 Å². The van der Waals surface area contributed by atoms with Crippen molar-refractivity contribution in [2.75, 3.05) is 14.2 Å². The van der Waals surface area contributed by atoms with E-state index in [-0.39, 0.29) is 5.69 Å². The molecule has 6 heteroatoms. The number of nitrogens with zero attached hydrogens (tertiary/aromatic N) is 2. The van der Waals surface area contributed by atoms with Crippen LogP contribution in [0.15, 0.2) is 47.8 Å². The summed E-state index contributed by atoms with van der Waals surface area (Å²) < 4.78 is 4.94. The van der Waals surface area contributed by atoms with Crippen molar-refractivity contribution in [2.45, 2.75) is 19.3 Å². The highest BCUT2D eigenvalue weighted by Crippen LogP contribution is 2.40. The molecule has 0 spiro atoms. The maximum atomic E-state index is 12.5. The van der Waals surface area contributed by atoms with E-state index in [2.05, 4.69) is 0 Å². The van der Waals surface area contributed by atoms with Gasteiger partial charge in [0, 0.05) is 24.5 Å². The van der Waals surface area contributed by atoms with E-state index < -0.39 is 16.3 Å². The average molecular weight is 302 g/mol. The third-order valence-corrected chi connectivity index (χ3v) is 4.00. The van der Waals surface area contributed by atoms with Crippen molar-refractivity contribution >= 4 is 11.7 Å². The number of benzene rings is 1. The largest absolute Gasteiger partial charge is 0.468 e. The Morgan fingerprint density at radius 1 is 1.23 bits per heavy atom. The van der Waals surface area contributed by atoms with E-state index in [0.717, 1.165) is 11.4 Å². The number of nitro benzene ring substituents is 1. The Kier molecular flexibility index (Phi) is 4.03. The van der Waals surface area contributed by atoms with Gasteiger partial charge in [0.1, 0.15) is 5.41 Å². The summed E-state index contributed by atoms with van der Waals surface area (Å²) in [5, 5.41) is 11.3. The second kappa shape index (κ2) is 5.63. The molecule has 0 fully saturated rings. The van der Waals surface area contributed by atoms with E-state index in [1.54, 1.807) is 30.4 Å². The molecule has 0 unspecified atom stereocenters. The lowest BCUT2D eigenvalue weighted by atomic mass is 9.76. The molecule has 0 aliphatic carbocycles. The van der Waals surface area contributed by atoms with Gasteiger partial charge in [-0.1, -0.05) is 18.2 Å². The van der Waals surface area contributed by atoms with Gasteiger partial charge in [-0.25, -0.2) is 0 Å². The van der Waals surface area contributed by atoms with Crippen molar-refractivity contribution < 1.29 is 14.5 Å². The summed E-state index contributed by atoms with van der Waals surface area (Å²) >= 11 is 0. The fourth-order valence-electron chi connectivity index (χ4n) is 2.71. The number of esters is 1. The number of rotatable bonds is 3. The number of nitro groups is 1. The fraction of sp³-hybridized carbons (Fsp3) is 0.312. The van der Waals surface area contributed by atoms with Gasteiger partial charge in [-0.05, 0) is 26.0 Å². The highest BCUT2D eigenvalue weighted by atomic mass is 16.6. The predicted molar refractivity (Wildman–Crippen MR) is 82.1 cm³/mol. The maximum absolute atomic E-state index is 12.5. The SMILES string of the molecule is COC(=O)C1(c2ccccc2[N+](=O)[O-])C=C(C)N(C)C(C)=C1. The van der Waals surface area contributed by atoms with Gasteiger partial charge in [-0.15, -0.1) is 0 Å². The first-order chi connectivity index (χ1) is 10.3. The van der Waals surface area contributed by atoms with Gasteiger partial charge in [-0.3, -0.25) is 14.9 Å². The minimum Gasteiger partial charge on any atom is -0.468 e. The molecule has 0 N–H and O–H groups in total. The molecule has 116 valence electrons. The topological polar surface area (TPSA) is 72.7 Å². The molecule has 22 heavy (non-hydrogen) atoms. The van der Waals surface area contributed by atoms with Gasteiger partial charge in [0.25, 0.3) is 5.69 Å². The smallest absolute Gasteiger partial charge is 0.324 e. The molecular formula is C16H18N2O4. The van der Waals surface area contributed by atoms with E-state index in [0.29, 0.717) is 5.56 Å². The number of ether oxygens (including phenoxy) is 1. The summed E-state index contributed by atoms with van der Waals surface area (Å²) in [4.78, 5) is 25.3. The molecule has 1 aliphatic heterocycles. The van der Waals surface area contributed by atoms with E-state index in [1.807, 2.05) is 25.8 Å². The van der Waals surface area contributed by atoms with Crippen molar-refractivity contribution in [1.29, 1.82) is 0 Å². The van der Waals surface area contributed by atoms with Crippen LogP contribution in [-0.4, -0.2) is 29.9 Å². The van der Waals surface area contributed by atoms with Gasteiger partial charge >= 0.3 is 5.97 Å². The molecule has 0 amide bonds. The predicted octanol–water partition coefficient (Wildman–Crippen LogP) is 2.76. The van der Waals surface area contributed by atoms with Crippen LogP contribution < -0.4 is 0 Å². The Labute approximate surface area is 128 Å². The van der Waals surface area contributed by atoms with Crippen molar-refractivity contribution in [3.8, 4) is 0 Å². The first kappa shape index (κ1) is 15.8. The van der Waals surface area contributed by atoms with Crippen molar-refractivity contribution in [1.82, 2.24) is 4.90 Å². The Morgan fingerprint density at radius 2 is 1.77 bits per heavy atom. The lowest BCUT2D eigenvalue weighted by molar-refractivity contribution is -0.385. The lowest BCUT2D eigenvalue weighted by Gasteiger charge is -2.34. The molecule has 2 rings (SSSR count). The highest BCUT2D eigenvalue weighted by molar-refractivity contribution is 5.90. The maximum Gasteiger partial charge on any atom is 0.324 e. The number of carbonyl (C=O) groups excluding carboxylic acids is 1. The molecule has 1 aliphatic rings. The minimum absolute atomic E-state index is 0.106. The van der Waals surface area contributed by atoms with Gasteiger partial charge in [0.15, 0.2) is 0 Å². The van der Waals surface area contributed by atoms with Crippen molar-refractivity contribution in [2.24, 2.45) is 0 Å². The molecule has 1 heterocycles. The number of hydrogen-bond donors (Lipinski definition) is 0. The van der Waals surface area contributed by atoms with Crippen LogP contribution in [0, 0.1) is 10.1 Å². The van der Waals surface area contributed by atoms with E-state index >= 15 is 0 Å². The summed E-state index contributed by atoms with van der Waals surface area (Å²) in [5.74, 6) is -0.548. The Morgan fingerprint density at radius 3 is 2.27 bits per heavy atom. The monoisotopic (exact) mass is 302 g/mol. The zero-order chi connectivity index (χ0) is 16.5. The number of hydrogen-bond acceptors (Lipinski definition) is 5. The molecule has 0 atom stereocenters. The molecule has 0 radical (unpaired) electrons. The van der Waals surface area contributed by atoms with Crippen LogP contribution in [0.5, 0.6) is 0 Å². The Bertz CT molecular complexity index is 671.